The average Bonchev–Trinajstić information content (AvgIpc) is 2.69. The highest BCUT2D eigenvalue weighted by molar-refractivity contribution is 5.67. The summed E-state index contributed by atoms with van der Waals surface area (Å²) in [5, 5.41) is 8.64. The number of imidazole rings is 1. The van der Waals surface area contributed by atoms with Crippen LogP contribution in [0.25, 0.3) is 11.4 Å². The van der Waals surface area contributed by atoms with E-state index in [9.17, 15) is 4.79 Å². The second-order valence-corrected chi connectivity index (χ2v) is 3.73. The molecule has 0 bridgehead atoms. The van der Waals surface area contributed by atoms with Gasteiger partial charge in [-0.15, -0.1) is 0 Å². The van der Waals surface area contributed by atoms with Gasteiger partial charge in [-0.1, -0.05) is 6.07 Å². The lowest BCUT2D eigenvalue weighted by molar-refractivity contribution is -0.137. The van der Waals surface area contributed by atoms with E-state index in [2.05, 4.69) is 9.97 Å². The summed E-state index contributed by atoms with van der Waals surface area (Å²) in [6.45, 7) is 0. The monoisotopic (exact) mass is 231 g/mol. The predicted octanol–water partition coefficient (Wildman–Crippen LogP) is 1.50. The average molecular weight is 231 g/mol. The van der Waals surface area contributed by atoms with E-state index in [-0.39, 0.29) is 6.42 Å². The van der Waals surface area contributed by atoms with Crippen LogP contribution in [0, 0.1) is 0 Å². The van der Waals surface area contributed by atoms with Gasteiger partial charge in [0.15, 0.2) is 0 Å². The quantitative estimate of drug-likeness (QED) is 0.865. The first-order valence-electron chi connectivity index (χ1n) is 5.32. The number of rotatable bonds is 4. The molecule has 0 spiro atoms. The van der Waals surface area contributed by atoms with Gasteiger partial charge in [-0.3, -0.25) is 9.78 Å². The minimum atomic E-state index is -0.813. The van der Waals surface area contributed by atoms with E-state index in [1.807, 2.05) is 29.8 Å². The summed E-state index contributed by atoms with van der Waals surface area (Å²) in [5.41, 5.74) is 1.73. The van der Waals surface area contributed by atoms with Crippen molar-refractivity contribution in [1.82, 2.24) is 14.5 Å². The lowest BCUT2D eigenvalue weighted by atomic mass is 10.3. The zero-order valence-corrected chi connectivity index (χ0v) is 9.50. The Bertz CT molecular complexity index is 520. The first-order chi connectivity index (χ1) is 8.18. The Morgan fingerprint density at radius 2 is 2.24 bits per heavy atom. The molecule has 0 saturated carbocycles. The second kappa shape index (κ2) is 4.78. The van der Waals surface area contributed by atoms with Gasteiger partial charge in [-0.2, -0.15) is 0 Å². The predicted molar refractivity (Wildman–Crippen MR) is 62.4 cm³/mol. The van der Waals surface area contributed by atoms with Crippen molar-refractivity contribution in [1.29, 1.82) is 0 Å². The van der Waals surface area contributed by atoms with Crippen molar-refractivity contribution >= 4 is 5.97 Å². The van der Waals surface area contributed by atoms with E-state index in [4.69, 9.17) is 5.11 Å². The molecule has 2 aromatic heterocycles. The number of hydrogen-bond acceptors (Lipinski definition) is 3. The molecule has 1 N–H and O–H groups in total. The number of carbonyl (C=O) groups is 1. The number of nitrogens with zero attached hydrogens (tertiary/aromatic N) is 3. The largest absolute Gasteiger partial charge is 0.481 e. The van der Waals surface area contributed by atoms with Crippen LogP contribution in [-0.2, 0) is 18.3 Å². The molecule has 0 amide bonds. The Kier molecular flexibility index (Phi) is 3.18. The summed E-state index contributed by atoms with van der Waals surface area (Å²) in [7, 11) is 1.87. The van der Waals surface area contributed by atoms with Crippen LogP contribution in [-0.4, -0.2) is 25.6 Å². The number of aliphatic carboxylic acids is 1. The van der Waals surface area contributed by atoms with E-state index in [1.54, 1.807) is 12.4 Å². The molecule has 0 saturated heterocycles. The van der Waals surface area contributed by atoms with Crippen LogP contribution in [0.5, 0.6) is 0 Å². The van der Waals surface area contributed by atoms with E-state index in [1.165, 1.54) is 0 Å². The highest BCUT2D eigenvalue weighted by Gasteiger charge is 2.10. The summed E-state index contributed by atoms with van der Waals surface area (Å²) in [6, 6.07) is 5.66. The van der Waals surface area contributed by atoms with Gasteiger partial charge in [0.1, 0.15) is 5.82 Å². The van der Waals surface area contributed by atoms with Gasteiger partial charge in [-0.05, 0) is 12.1 Å². The molecular formula is C12H13N3O2. The van der Waals surface area contributed by atoms with Crippen molar-refractivity contribution < 1.29 is 9.90 Å². The summed E-state index contributed by atoms with van der Waals surface area (Å²) in [4.78, 5) is 19.0. The maximum Gasteiger partial charge on any atom is 0.303 e. The summed E-state index contributed by atoms with van der Waals surface area (Å²) in [5.74, 6) is -0.0551. The van der Waals surface area contributed by atoms with Gasteiger partial charge in [0.25, 0.3) is 0 Å². The highest BCUT2D eigenvalue weighted by atomic mass is 16.4. The third kappa shape index (κ3) is 2.50. The molecule has 2 rings (SSSR count). The smallest absolute Gasteiger partial charge is 0.303 e. The van der Waals surface area contributed by atoms with Crippen LogP contribution in [0.15, 0.2) is 30.6 Å². The number of carboxylic acids is 1. The highest BCUT2D eigenvalue weighted by Crippen LogP contribution is 2.17. The Balaban J connectivity index is 2.24. The topological polar surface area (TPSA) is 68.0 Å². The van der Waals surface area contributed by atoms with Crippen LogP contribution < -0.4 is 0 Å². The van der Waals surface area contributed by atoms with Crippen molar-refractivity contribution in [2.45, 2.75) is 12.8 Å². The summed E-state index contributed by atoms with van der Waals surface area (Å²) < 4.78 is 1.88. The van der Waals surface area contributed by atoms with Gasteiger partial charge < -0.3 is 9.67 Å². The molecule has 0 unspecified atom stereocenters. The van der Waals surface area contributed by atoms with Crippen molar-refractivity contribution in [2.24, 2.45) is 7.05 Å². The third-order valence-corrected chi connectivity index (χ3v) is 2.57. The Morgan fingerprint density at radius 3 is 2.88 bits per heavy atom. The molecule has 2 aromatic rings. The fourth-order valence-electron chi connectivity index (χ4n) is 1.65. The van der Waals surface area contributed by atoms with Crippen LogP contribution >= 0.6 is 0 Å². The molecule has 5 nitrogen and oxygen atoms in total. The van der Waals surface area contributed by atoms with Crippen LogP contribution in [0.1, 0.15) is 12.2 Å². The normalized spacial score (nSPS) is 10.4. The standard InChI is InChI=1S/C12H13N3O2/c1-15-10(9-4-2-3-7-13-9)8-14-11(15)5-6-12(16)17/h2-4,7-8H,5-6H2,1H3,(H,16,17). The Labute approximate surface area is 98.8 Å². The van der Waals surface area contributed by atoms with Gasteiger partial charge in [-0.25, -0.2) is 4.98 Å². The van der Waals surface area contributed by atoms with Crippen molar-refractivity contribution in [3.8, 4) is 11.4 Å². The molecule has 0 aliphatic carbocycles. The lowest BCUT2D eigenvalue weighted by Gasteiger charge is -2.04. The van der Waals surface area contributed by atoms with E-state index in [0.717, 1.165) is 17.2 Å². The van der Waals surface area contributed by atoms with E-state index >= 15 is 0 Å². The Morgan fingerprint density at radius 1 is 1.41 bits per heavy atom. The zero-order chi connectivity index (χ0) is 12.3. The molecule has 5 heteroatoms. The lowest BCUT2D eigenvalue weighted by Crippen LogP contribution is -2.04. The first-order valence-corrected chi connectivity index (χ1v) is 5.32. The number of aromatic nitrogens is 3. The molecule has 0 radical (unpaired) electrons. The van der Waals surface area contributed by atoms with Gasteiger partial charge >= 0.3 is 5.97 Å². The van der Waals surface area contributed by atoms with Gasteiger partial charge in [0.2, 0.25) is 0 Å². The molecule has 88 valence electrons. The van der Waals surface area contributed by atoms with Crippen LogP contribution in [0.2, 0.25) is 0 Å². The maximum atomic E-state index is 10.5. The first kappa shape index (κ1) is 11.3. The molecule has 0 atom stereocenters. The molecule has 0 fully saturated rings. The van der Waals surface area contributed by atoms with Crippen molar-refractivity contribution in [3.63, 3.8) is 0 Å². The maximum absolute atomic E-state index is 10.5. The third-order valence-electron chi connectivity index (χ3n) is 2.57. The van der Waals surface area contributed by atoms with E-state index < -0.39 is 5.97 Å². The van der Waals surface area contributed by atoms with Crippen molar-refractivity contribution in [3.05, 3.63) is 36.4 Å². The zero-order valence-electron chi connectivity index (χ0n) is 9.50. The number of aryl methyl sites for hydroxylation is 1. The molecule has 17 heavy (non-hydrogen) atoms. The van der Waals surface area contributed by atoms with Gasteiger partial charge in [0.05, 0.1) is 24.0 Å². The Hall–Kier alpha value is -2.17. The molecule has 0 aromatic carbocycles. The minimum absolute atomic E-state index is 0.0898. The molecule has 0 aliphatic heterocycles. The van der Waals surface area contributed by atoms with Gasteiger partial charge in [0, 0.05) is 19.7 Å². The molecule has 0 aliphatic rings. The van der Waals surface area contributed by atoms with E-state index in [0.29, 0.717) is 6.42 Å². The minimum Gasteiger partial charge on any atom is -0.481 e. The molecular weight excluding hydrogens is 218 g/mol. The number of hydrogen-bond donors (Lipinski definition) is 1. The SMILES string of the molecule is Cn1c(-c2ccccn2)cnc1CCC(=O)O. The fraction of sp³-hybridized carbons (Fsp3) is 0.250. The van der Waals surface area contributed by atoms with Crippen molar-refractivity contribution in [2.75, 3.05) is 0 Å². The molecule has 2 heterocycles. The number of pyridine rings is 1. The summed E-state index contributed by atoms with van der Waals surface area (Å²) in [6.07, 6.45) is 3.96. The van der Waals surface area contributed by atoms with Crippen LogP contribution in [0.4, 0.5) is 0 Å². The van der Waals surface area contributed by atoms with Crippen LogP contribution in [0.3, 0.4) is 0 Å². The second-order valence-electron chi connectivity index (χ2n) is 3.73. The summed E-state index contributed by atoms with van der Waals surface area (Å²) >= 11 is 0. The fourth-order valence-corrected chi connectivity index (χ4v) is 1.65. The number of carboxylic acid groups (broad SMARTS) is 1.